The molecule has 0 aromatic heterocycles. The topological polar surface area (TPSA) is 35.5 Å². The summed E-state index contributed by atoms with van der Waals surface area (Å²) < 4.78 is 0. The van der Waals surface area contributed by atoms with Crippen molar-refractivity contribution < 1.29 is 5.11 Å². The molecule has 0 amide bonds. The van der Waals surface area contributed by atoms with E-state index in [9.17, 15) is 5.11 Å². The lowest BCUT2D eigenvalue weighted by atomic mass is 9.70. The summed E-state index contributed by atoms with van der Waals surface area (Å²) in [5.74, 6) is 0.897. The SMILES string of the molecule is CCNCC1(CN2CCCC(C)(O)C2)CCC(C)CC1. The van der Waals surface area contributed by atoms with E-state index in [1.165, 1.54) is 38.8 Å². The van der Waals surface area contributed by atoms with Crippen molar-refractivity contribution in [3.8, 4) is 0 Å². The van der Waals surface area contributed by atoms with Crippen LogP contribution >= 0.6 is 0 Å². The molecular weight excluding hydrogens is 248 g/mol. The minimum atomic E-state index is -0.473. The Morgan fingerprint density at radius 1 is 1.25 bits per heavy atom. The Balaban J connectivity index is 1.96. The van der Waals surface area contributed by atoms with Crippen LogP contribution in [0.2, 0.25) is 0 Å². The van der Waals surface area contributed by atoms with E-state index in [1.807, 2.05) is 6.92 Å². The van der Waals surface area contributed by atoms with Gasteiger partial charge in [-0.1, -0.05) is 26.7 Å². The largest absolute Gasteiger partial charge is 0.389 e. The summed E-state index contributed by atoms with van der Waals surface area (Å²) in [6.07, 6.45) is 7.53. The number of nitrogens with one attached hydrogen (secondary N) is 1. The van der Waals surface area contributed by atoms with Crippen molar-refractivity contribution in [3.05, 3.63) is 0 Å². The Labute approximate surface area is 125 Å². The Hall–Kier alpha value is -0.120. The maximum Gasteiger partial charge on any atom is 0.0746 e. The minimum absolute atomic E-state index is 0.440. The van der Waals surface area contributed by atoms with Gasteiger partial charge in [-0.3, -0.25) is 4.90 Å². The van der Waals surface area contributed by atoms with Crippen molar-refractivity contribution >= 4 is 0 Å². The Bertz CT molecular complexity index is 290. The van der Waals surface area contributed by atoms with Crippen LogP contribution in [0, 0.1) is 11.3 Å². The Morgan fingerprint density at radius 3 is 2.55 bits per heavy atom. The lowest BCUT2D eigenvalue weighted by molar-refractivity contribution is -0.0344. The van der Waals surface area contributed by atoms with E-state index >= 15 is 0 Å². The number of rotatable bonds is 5. The van der Waals surface area contributed by atoms with Crippen LogP contribution in [0.4, 0.5) is 0 Å². The van der Waals surface area contributed by atoms with Gasteiger partial charge < -0.3 is 10.4 Å². The second kappa shape index (κ2) is 6.76. The van der Waals surface area contributed by atoms with E-state index < -0.39 is 5.60 Å². The maximum absolute atomic E-state index is 10.3. The van der Waals surface area contributed by atoms with Gasteiger partial charge in [0.25, 0.3) is 0 Å². The van der Waals surface area contributed by atoms with Gasteiger partial charge in [-0.2, -0.15) is 0 Å². The standard InChI is InChI=1S/C17H34N2O/c1-4-18-12-17(9-6-15(2)7-10-17)14-19-11-5-8-16(3,20)13-19/h15,18,20H,4-14H2,1-3H3. The van der Waals surface area contributed by atoms with Gasteiger partial charge in [0.15, 0.2) is 0 Å². The van der Waals surface area contributed by atoms with Gasteiger partial charge in [-0.05, 0) is 57.0 Å². The first-order chi connectivity index (χ1) is 9.45. The summed E-state index contributed by atoms with van der Waals surface area (Å²) >= 11 is 0. The van der Waals surface area contributed by atoms with Crippen LogP contribution in [0.15, 0.2) is 0 Å². The molecule has 1 saturated heterocycles. The molecule has 2 N–H and O–H groups in total. The fourth-order valence-corrected chi connectivity index (χ4v) is 4.09. The van der Waals surface area contributed by atoms with Crippen LogP contribution in [0.1, 0.15) is 59.3 Å². The maximum atomic E-state index is 10.3. The third kappa shape index (κ3) is 4.44. The highest BCUT2D eigenvalue weighted by Crippen LogP contribution is 2.40. The quantitative estimate of drug-likeness (QED) is 0.814. The van der Waals surface area contributed by atoms with Gasteiger partial charge in [-0.25, -0.2) is 0 Å². The molecule has 0 aromatic rings. The molecule has 0 spiro atoms. The van der Waals surface area contributed by atoms with Crippen molar-refractivity contribution in [2.75, 3.05) is 32.7 Å². The third-order valence-electron chi connectivity index (χ3n) is 5.40. The van der Waals surface area contributed by atoms with E-state index in [0.717, 1.165) is 38.4 Å². The molecule has 1 aliphatic carbocycles. The first kappa shape index (κ1) is 16.3. The molecule has 3 heteroatoms. The molecule has 20 heavy (non-hydrogen) atoms. The zero-order valence-corrected chi connectivity index (χ0v) is 13.7. The molecule has 2 aliphatic rings. The van der Waals surface area contributed by atoms with Crippen LogP contribution in [-0.2, 0) is 0 Å². The van der Waals surface area contributed by atoms with Crippen molar-refractivity contribution in [2.24, 2.45) is 11.3 Å². The molecule has 2 fully saturated rings. The average molecular weight is 282 g/mol. The molecule has 1 unspecified atom stereocenters. The van der Waals surface area contributed by atoms with Gasteiger partial charge in [0, 0.05) is 19.6 Å². The molecule has 2 rings (SSSR count). The highest BCUT2D eigenvalue weighted by atomic mass is 16.3. The predicted octanol–water partition coefficient (Wildman–Crippen LogP) is 2.64. The number of hydrogen-bond donors (Lipinski definition) is 2. The smallest absolute Gasteiger partial charge is 0.0746 e. The molecule has 1 saturated carbocycles. The van der Waals surface area contributed by atoms with E-state index in [2.05, 4.69) is 24.1 Å². The summed E-state index contributed by atoms with van der Waals surface area (Å²) in [6, 6.07) is 0. The lowest BCUT2D eigenvalue weighted by Gasteiger charge is -2.46. The number of β-amino-alcohol motifs (C(OH)–C–C–N with tert-alkyl or cyclic N) is 1. The highest BCUT2D eigenvalue weighted by Gasteiger charge is 2.38. The van der Waals surface area contributed by atoms with Crippen molar-refractivity contribution in [2.45, 2.75) is 64.9 Å². The Morgan fingerprint density at radius 2 is 1.95 bits per heavy atom. The number of likely N-dealkylation sites (tertiary alicyclic amines) is 1. The predicted molar refractivity (Wildman–Crippen MR) is 84.9 cm³/mol. The van der Waals surface area contributed by atoms with E-state index in [4.69, 9.17) is 0 Å². The summed E-state index contributed by atoms with van der Waals surface area (Å²) in [7, 11) is 0. The first-order valence-corrected chi connectivity index (χ1v) is 8.60. The van der Waals surface area contributed by atoms with Crippen molar-refractivity contribution in [1.29, 1.82) is 0 Å². The summed E-state index contributed by atoms with van der Waals surface area (Å²) in [5, 5.41) is 13.9. The highest BCUT2D eigenvalue weighted by molar-refractivity contribution is 4.92. The molecule has 1 aliphatic heterocycles. The number of aliphatic hydroxyl groups is 1. The van der Waals surface area contributed by atoms with Gasteiger partial charge in [-0.15, -0.1) is 0 Å². The molecule has 1 atom stereocenters. The van der Waals surface area contributed by atoms with Gasteiger partial charge >= 0.3 is 0 Å². The molecule has 0 radical (unpaired) electrons. The van der Waals surface area contributed by atoms with E-state index in [-0.39, 0.29) is 0 Å². The zero-order valence-electron chi connectivity index (χ0n) is 13.7. The molecule has 118 valence electrons. The summed E-state index contributed by atoms with van der Waals surface area (Å²) in [5.41, 5.74) is -0.0322. The van der Waals surface area contributed by atoms with Gasteiger partial charge in [0.1, 0.15) is 0 Å². The van der Waals surface area contributed by atoms with Crippen LogP contribution in [-0.4, -0.2) is 48.3 Å². The molecular formula is C17H34N2O. The van der Waals surface area contributed by atoms with Crippen molar-refractivity contribution in [3.63, 3.8) is 0 Å². The second-order valence-corrected chi connectivity index (χ2v) is 7.77. The number of nitrogens with zero attached hydrogens (tertiary/aromatic N) is 1. The fourth-order valence-electron chi connectivity index (χ4n) is 4.09. The van der Waals surface area contributed by atoms with Gasteiger partial charge in [0.05, 0.1) is 5.60 Å². The zero-order chi connectivity index (χ0) is 14.6. The average Bonchev–Trinajstić information content (AvgIpc) is 2.39. The van der Waals surface area contributed by atoms with Crippen LogP contribution in [0.25, 0.3) is 0 Å². The van der Waals surface area contributed by atoms with Crippen LogP contribution in [0.3, 0.4) is 0 Å². The lowest BCUT2D eigenvalue weighted by Crippen LogP contribution is -2.52. The molecule has 3 nitrogen and oxygen atoms in total. The monoisotopic (exact) mass is 282 g/mol. The van der Waals surface area contributed by atoms with E-state index in [0.29, 0.717) is 5.41 Å². The fraction of sp³-hybridized carbons (Fsp3) is 1.00. The minimum Gasteiger partial charge on any atom is -0.389 e. The Kier molecular flexibility index (Phi) is 5.49. The normalized spacial score (nSPS) is 39.9. The second-order valence-electron chi connectivity index (χ2n) is 7.77. The van der Waals surface area contributed by atoms with E-state index in [1.54, 1.807) is 0 Å². The first-order valence-electron chi connectivity index (χ1n) is 8.60. The van der Waals surface area contributed by atoms with Crippen LogP contribution < -0.4 is 5.32 Å². The number of piperidine rings is 1. The van der Waals surface area contributed by atoms with Gasteiger partial charge in [0.2, 0.25) is 0 Å². The third-order valence-corrected chi connectivity index (χ3v) is 5.40. The molecule has 0 bridgehead atoms. The molecule has 0 aromatic carbocycles. The summed E-state index contributed by atoms with van der Waals surface area (Å²) in [4.78, 5) is 2.52. The summed E-state index contributed by atoms with van der Waals surface area (Å²) in [6.45, 7) is 12.0. The van der Waals surface area contributed by atoms with Crippen LogP contribution in [0.5, 0.6) is 0 Å². The number of hydrogen-bond acceptors (Lipinski definition) is 3. The molecule has 1 heterocycles. The van der Waals surface area contributed by atoms with Crippen molar-refractivity contribution in [1.82, 2.24) is 10.2 Å².